The van der Waals surface area contributed by atoms with Gasteiger partial charge in [-0.15, -0.1) is 4.80 Å². The molecule has 0 unspecified atom stereocenters. The van der Waals surface area contributed by atoms with Gasteiger partial charge in [0, 0.05) is 29.7 Å². The summed E-state index contributed by atoms with van der Waals surface area (Å²) in [6.45, 7) is 0. The summed E-state index contributed by atoms with van der Waals surface area (Å²) in [6.07, 6.45) is 8.53. The summed E-state index contributed by atoms with van der Waals surface area (Å²) in [5.41, 5.74) is 12.8. The molecule has 4 aromatic heterocycles. The van der Waals surface area contributed by atoms with E-state index in [0.29, 0.717) is 17.2 Å². The highest BCUT2D eigenvalue weighted by Crippen LogP contribution is 2.30. The summed E-state index contributed by atoms with van der Waals surface area (Å²) in [6, 6.07) is 4.40. The quantitative estimate of drug-likeness (QED) is 0.298. The summed E-state index contributed by atoms with van der Waals surface area (Å²) in [4.78, 5) is 25.4. The van der Waals surface area contributed by atoms with Crippen LogP contribution in [0.4, 0.5) is 21.7 Å². The lowest BCUT2D eigenvalue weighted by Crippen LogP contribution is -2.43. The van der Waals surface area contributed by atoms with Gasteiger partial charge in [0.1, 0.15) is 11.5 Å². The molecule has 11 nitrogen and oxygen atoms in total. The van der Waals surface area contributed by atoms with Gasteiger partial charge in [-0.05, 0) is 25.0 Å². The number of rotatable bonds is 6. The van der Waals surface area contributed by atoms with Crippen LogP contribution in [-0.2, 0) is 0 Å². The second kappa shape index (κ2) is 8.47. The zero-order chi connectivity index (χ0) is 22.9. The minimum Gasteiger partial charge on any atom is -0.365 e. The number of primary amides is 1. The molecule has 0 aliphatic heterocycles. The Morgan fingerprint density at radius 1 is 1.15 bits per heavy atom. The van der Waals surface area contributed by atoms with Crippen LogP contribution in [0.25, 0.3) is 16.9 Å². The summed E-state index contributed by atoms with van der Waals surface area (Å²) in [5.74, 6) is -0.915. The highest BCUT2D eigenvalue weighted by molar-refractivity contribution is 6.00. The van der Waals surface area contributed by atoms with Crippen LogP contribution in [0.5, 0.6) is 0 Å². The first-order chi connectivity index (χ1) is 16.0. The molecule has 1 fully saturated rings. The first-order valence-corrected chi connectivity index (χ1v) is 10.6. The number of anilines is 3. The van der Waals surface area contributed by atoms with Gasteiger partial charge in [0.25, 0.3) is 5.91 Å². The predicted octanol–water partition coefficient (Wildman–Crippen LogP) is 2.20. The molecule has 2 atom stereocenters. The number of nitrogens with one attached hydrogen (secondary N) is 3. The fourth-order valence-electron chi connectivity index (χ4n) is 4.08. The maximum Gasteiger partial charge on any atom is 0.252 e. The first-order valence-electron chi connectivity index (χ1n) is 10.6. The molecule has 0 radical (unpaired) electrons. The van der Waals surface area contributed by atoms with Gasteiger partial charge in [0.2, 0.25) is 0 Å². The third-order valence-electron chi connectivity index (χ3n) is 5.77. The number of carbonyl (C=O) groups is 1. The van der Waals surface area contributed by atoms with Crippen molar-refractivity contribution in [2.45, 2.75) is 37.8 Å². The number of aromatic nitrogens is 6. The number of amides is 1. The van der Waals surface area contributed by atoms with E-state index in [1.54, 1.807) is 12.3 Å². The van der Waals surface area contributed by atoms with Gasteiger partial charge in [-0.1, -0.05) is 12.8 Å². The van der Waals surface area contributed by atoms with Crippen molar-refractivity contribution in [3.63, 3.8) is 0 Å². The Hall–Kier alpha value is -4.06. The number of pyridine rings is 2. The molecule has 0 bridgehead atoms. The fraction of sp³-hybridized carbons (Fsp3) is 0.286. The van der Waals surface area contributed by atoms with Crippen LogP contribution in [0.15, 0.2) is 36.8 Å². The lowest BCUT2D eigenvalue weighted by Gasteiger charge is -2.30. The highest BCUT2D eigenvalue weighted by Gasteiger charge is 2.25. The number of fused-ring (bicyclic) bond motifs is 1. The number of hydrogen-bond donors (Lipinski definition) is 5. The van der Waals surface area contributed by atoms with Gasteiger partial charge in [-0.3, -0.25) is 4.79 Å². The maximum absolute atomic E-state index is 14.8. The molecule has 4 heterocycles. The SMILES string of the molecule is NC(=O)c1cc(F)c(N[C@@H]2CCCC[C@@H]2N)nc1Nc1cc(-n2nccn2)nc2[nH]ccc12. The molecular weight excluding hydrogens is 427 g/mol. The third-order valence-corrected chi connectivity index (χ3v) is 5.77. The normalized spacial score (nSPS) is 18.4. The largest absolute Gasteiger partial charge is 0.365 e. The number of hydrogen-bond acceptors (Lipinski definition) is 8. The van der Waals surface area contributed by atoms with Crippen LogP contribution in [-0.4, -0.2) is 47.9 Å². The Balaban J connectivity index is 1.55. The van der Waals surface area contributed by atoms with E-state index in [1.807, 2.05) is 6.07 Å². The van der Waals surface area contributed by atoms with Crippen LogP contribution >= 0.6 is 0 Å². The third kappa shape index (κ3) is 4.07. The topological polar surface area (TPSA) is 165 Å². The average molecular weight is 450 g/mol. The van der Waals surface area contributed by atoms with Gasteiger partial charge in [-0.25, -0.2) is 14.4 Å². The summed E-state index contributed by atoms with van der Waals surface area (Å²) >= 11 is 0. The summed E-state index contributed by atoms with van der Waals surface area (Å²) in [5, 5.41) is 15.2. The number of H-pyrrole nitrogens is 1. The molecule has 0 spiro atoms. The Labute approximate surface area is 187 Å². The Bertz CT molecular complexity index is 1300. The second-order valence-electron chi connectivity index (χ2n) is 7.99. The molecule has 1 saturated carbocycles. The molecule has 0 saturated heterocycles. The summed E-state index contributed by atoms with van der Waals surface area (Å²) in [7, 11) is 0. The lowest BCUT2D eigenvalue weighted by atomic mass is 9.91. The second-order valence-corrected chi connectivity index (χ2v) is 7.99. The number of nitrogens with zero attached hydrogens (tertiary/aromatic N) is 5. The van der Waals surface area contributed by atoms with E-state index >= 15 is 0 Å². The first kappa shape index (κ1) is 20.8. The number of aromatic amines is 1. The molecule has 1 amide bonds. The van der Waals surface area contributed by atoms with Gasteiger partial charge in [0.05, 0.1) is 23.6 Å². The molecule has 4 aromatic rings. The van der Waals surface area contributed by atoms with Crippen LogP contribution in [0, 0.1) is 5.82 Å². The van der Waals surface area contributed by atoms with E-state index in [9.17, 15) is 9.18 Å². The van der Waals surface area contributed by atoms with E-state index in [4.69, 9.17) is 11.5 Å². The number of halogens is 1. The van der Waals surface area contributed by atoms with Crippen molar-refractivity contribution >= 4 is 34.3 Å². The Morgan fingerprint density at radius 3 is 2.70 bits per heavy atom. The van der Waals surface area contributed by atoms with E-state index < -0.39 is 11.7 Å². The Kier molecular flexibility index (Phi) is 5.34. The van der Waals surface area contributed by atoms with E-state index in [1.165, 1.54) is 17.2 Å². The molecule has 1 aliphatic carbocycles. The van der Waals surface area contributed by atoms with Crippen molar-refractivity contribution in [1.29, 1.82) is 0 Å². The van der Waals surface area contributed by atoms with Crippen LogP contribution < -0.4 is 22.1 Å². The van der Waals surface area contributed by atoms with Crippen molar-refractivity contribution in [2.24, 2.45) is 11.5 Å². The van der Waals surface area contributed by atoms with Gasteiger partial charge in [0.15, 0.2) is 17.5 Å². The molecule has 7 N–H and O–H groups in total. The van der Waals surface area contributed by atoms with Crippen molar-refractivity contribution in [3.8, 4) is 5.82 Å². The van der Waals surface area contributed by atoms with Crippen molar-refractivity contribution in [1.82, 2.24) is 29.9 Å². The van der Waals surface area contributed by atoms with Crippen molar-refractivity contribution in [3.05, 3.63) is 48.2 Å². The monoisotopic (exact) mass is 450 g/mol. The molecule has 12 heteroatoms. The number of carbonyl (C=O) groups excluding carboxylic acids is 1. The molecule has 1 aliphatic rings. The molecule has 170 valence electrons. The molecule has 5 rings (SSSR count). The van der Waals surface area contributed by atoms with Crippen LogP contribution in [0.2, 0.25) is 0 Å². The summed E-state index contributed by atoms with van der Waals surface area (Å²) < 4.78 is 14.8. The fourth-order valence-corrected chi connectivity index (χ4v) is 4.08. The van der Waals surface area contributed by atoms with Gasteiger partial charge >= 0.3 is 0 Å². The van der Waals surface area contributed by atoms with Crippen LogP contribution in [0.1, 0.15) is 36.0 Å². The zero-order valence-electron chi connectivity index (χ0n) is 17.6. The standard InChI is InChI=1S/C21H23FN10O/c22-13-9-12(18(24)33)20(31-21(13)28-15-4-2-1-3-14(15)23)29-16-10-17(32-26-7-8-27-32)30-19-11(16)5-6-25-19/h5-10,14-15H,1-4,23H2,(H2,24,33)(H3,25,28,29,30,31)/t14-,15+/m0/s1. The lowest BCUT2D eigenvalue weighted by molar-refractivity contribution is 0.100. The van der Waals surface area contributed by atoms with E-state index in [-0.39, 0.29) is 29.3 Å². The van der Waals surface area contributed by atoms with Gasteiger partial charge in [-0.2, -0.15) is 10.2 Å². The number of nitrogens with two attached hydrogens (primary N) is 2. The molecule has 33 heavy (non-hydrogen) atoms. The van der Waals surface area contributed by atoms with Crippen molar-refractivity contribution < 1.29 is 9.18 Å². The maximum atomic E-state index is 14.8. The van der Waals surface area contributed by atoms with Crippen LogP contribution in [0.3, 0.4) is 0 Å². The molecular formula is C21H23FN10O. The molecule has 0 aromatic carbocycles. The van der Waals surface area contributed by atoms with E-state index in [2.05, 4.69) is 35.8 Å². The smallest absolute Gasteiger partial charge is 0.252 e. The predicted molar refractivity (Wildman–Crippen MR) is 121 cm³/mol. The van der Waals surface area contributed by atoms with Crippen molar-refractivity contribution in [2.75, 3.05) is 10.6 Å². The highest BCUT2D eigenvalue weighted by atomic mass is 19.1. The van der Waals surface area contributed by atoms with E-state index in [0.717, 1.165) is 37.1 Å². The average Bonchev–Trinajstić information content (AvgIpc) is 3.49. The minimum atomic E-state index is -0.807. The van der Waals surface area contributed by atoms with Gasteiger partial charge < -0.3 is 27.1 Å². The minimum absolute atomic E-state index is 0.0122. The zero-order valence-corrected chi connectivity index (χ0v) is 17.6. The Morgan fingerprint density at radius 2 is 1.94 bits per heavy atom.